The lowest BCUT2D eigenvalue weighted by Gasteiger charge is -2.12. The van der Waals surface area contributed by atoms with Gasteiger partial charge in [-0.3, -0.25) is 9.71 Å². The molecule has 2 aromatic heterocycles. The molecule has 1 N–H and O–H groups in total. The number of benzene rings is 3. The third-order valence-corrected chi connectivity index (χ3v) is 6.92. The summed E-state index contributed by atoms with van der Waals surface area (Å²) in [6.45, 7) is 0.655. The van der Waals surface area contributed by atoms with E-state index in [4.69, 9.17) is 4.74 Å². The maximum absolute atomic E-state index is 13.1. The number of para-hydroxylation sites is 1. The second-order valence-corrected chi connectivity index (χ2v) is 9.39. The molecule has 2 heterocycles. The van der Waals surface area contributed by atoms with Gasteiger partial charge in [0, 0.05) is 41.8 Å². The molecule has 5 rings (SSSR count). The normalized spacial score (nSPS) is 11.4. The number of pyridine rings is 1. The summed E-state index contributed by atoms with van der Waals surface area (Å²) in [7, 11) is -2.16. The highest BCUT2D eigenvalue weighted by Gasteiger charge is 2.18. The molecule has 0 aliphatic carbocycles. The lowest BCUT2D eigenvalue weighted by atomic mass is 10.2. The molecule has 170 valence electrons. The van der Waals surface area contributed by atoms with Crippen molar-refractivity contribution in [2.75, 3.05) is 11.8 Å². The van der Waals surface area contributed by atoms with Crippen LogP contribution in [0.25, 0.3) is 22.3 Å². The van der Waals surface area contributed by atoms with Gasteiger partial charge in [0.1, 0.15) is 16.5 Å². The average Bonchev–Trinajstić information content (AvgIpc) is 3.32. The zero-order chi connectivity index (χ0) is 23.5. The van der Waals surface area contributed by atoms with Crippen molar-refractivity contribution in [2.45, 2.75) is 11.4 Å². The number of hydrogen-bond acceptors (Lipinski definition) is 5. The molecule has 0 saturated carbocycles. The van der Waals surface area contributed by atoms with Crippen molar-refractivity contribution in [1.29, 1.82) is 0 Å². The summed E-state index contributed by atoms with van der Waals surface area (Å²) in [4.78, 5) is 8.89. The van der Waals surface area contributed by atoms with Crippen molar-refractivity contribution in [2.24, 2.45) is 0 Å². The number of imidazole rings is 1. The highest BCUT2D eigenvalue weighted by molar-refractivity contribution is 7.93. The second kappa shape index (κ2) is 8.99. The number of anilines is 1. The molecule has 3 aromatic carbocycles. The zero-order valence-corrected chi connectivity index (χ0v) is 19.2. The van der Waals surface area contributed by atoms with E-state index in [9.17, 15) is 8.42 Å². The molecule has 0 amide bonds. The number of hydrogen-bond donors (Lipinski definition) is 1. The van der Waals surface area contributed by atoms with Crippen LogP contribution in [0, 0.1) is 0 Å². The molecule has 0 radical (unpaired) electrons. The Kier molecular flexibility index (Phi) is 5.73. The average molecular weight is 471 g/mol. The van der Waals surface area contributed by atoms with E-state index in [1.807, 2.05) is 59.3 Å². The fourth-order valence-corrected chi connectivity index (χ4v) is 5.05. The molecule has 8 heteroatoms. The van der Waals surface area contributed by atoms with E-state index >= 15 is 0 Å². The molecule has 0 spiro atoms. The monoisotopic (exact) mass is 470 g/mol. The number of aromatic nitrogens is 3. The molecular formula is C26H22N4O3S. The van der Waals surface area contributed by atoms with Crippen molar-refractivity contribution in [1.82, 2.24) is 14.5 Å². The number of fused-ring (bicyclic) bond motifs is 1. The highest BCUT2D eigenvalue weighted by Crippen LogP contribution is 2.25. The minimum Gasteiger partial charge on any atom is -0.497 e. The molecular weight excluding hydrogens is 448 g/mol. The molecule has 0 saturated heterocycles. The predicted molar refractivity (Wildman–Crippen MR) is 132 cm³/mol. The first kappa shape index (κ1) is 21.7. The van der Waals surface area contributed by atoms with E-state index in [1.54, 1.807) is 49.8 Å². The zero-order valence-electron chi connectivity index (χ0n) is 18.4. The molecule has 0 atom stereocenters. The van der Waals surface area contributed by atoms with Crippen molar-refractivity contribution in [3.63, 3.8) is 0 Å². The number of methoxy groups -OCH3 is 1. The van der Waals surface area contributed by atoms with Crippen LogP contribution in [0.3, 0.4) is 0 Å². The third-order valence-electron chi connectivity index (χ3n) is 5.51. The minimum atomic E-state index is -3.80. The minimum absolute atomic E-state index is 0.143. The van der Waals surface area contributed by atoms with Crippen LogP contribution < -0.4 is 9.46 Å². The number of nitrogens with zero attached hydrogens (tertiary/aromatic N) is 3. The van der Waals surface area contributed by atoms with Crippen LogP contribution >= 0.6 is 0 Å². The van der Waals surface area contributed by atoms with E-state index in [1.165, 1.54) is 0 Å². The summed E-state index contributed by atoms with van der Waals surface area (Å²) in [5.74, 6) is 1.61. The summed E-state index contributed by atoms with van der Waals surface area (Å²) in [6, 6.07) is 23.8. The Hall–Kier alpha value is -4.17. The van der Waals surface area contributed by atoms with Gasteiger partial charge in [0.05, 0.1) is 12.6 Å². The van der Waals surface area contributed by atoms with E-state index in [0.29, 0.717) is 17.7 Å². The molecule has 34 heavy (non-hydrogen) atoms. The van der Waals surface area contributed by atoms with Crippen molar-refractivity contribution >= 4 is 26.6 Å². The number of rotatable bonds is 7. The van der Waals surface area contributed by atoms with Gasteiger partial charge >= 0.3 is 0 Å². The Morgan fingerprint density at radius 1 is 0.882 bits per heavy atom. The van der Waals surface area contributed by atoms with Gasteiger partial charge in [-0.05, 0) is 54.1 Å². The first-order valence-corrected chi connectivity index (χ1v) is 12.1. The van der Waals surface area contributed by atoms with E-state index in [-0.39, 0.29) is 4.90 Å². The molecule has 7 nitrogen and oxygen atoms in total. The van der Waals surface area contributed by atoms with Crippen molar-refractivity contribution in [3.05, 3.63) is 103 Å². The lowest BCUT2D eigenvalue weighted by molar-refractivity contribution is 0.414. The molecule has 5 aromatic rings. The second-order valence-electron chi connectivity index (χ2n) is 7.74. The quantitative estimate of drug-likeness (QED) is 0.364. The Morgan fingerprint density at radius 3 is 2.41 bits per heavy atom. The first-order chi connectivity index (χ1) is 16.5. The number of ether oxygens (including phenoxy) is 1. The topological polar surface area (TPSA) is 86.1 Å². The van der Waals surface area contributed by atoms with Crippen LogP contribution in [0.15, 0.2) is 102 Å². The van der Waals surface area contributed by atoms with Crippen molar-refractivity contribution in [3.8, 4) is 17.1 Å². The predicted octanol–water partition coefficient (Wildman–Crippen LogP) is 4.96. The van der Waals surface area contributed by atoms with Crippen LogP contribution in [0.1, 0.15) is 5.56 Å². The summed E-state index contributed by atoms with van der Waals surface area (Å²) >= 11 is 0. The fraction of sp³-hybridized carbons (Fsp3) is 0.0769. The van der Waals surface area contributed by atoms with Crippen LogP contribution in [0.2, 0.25) is 0 Å². The van der Waals surface area contributed by atoms with E-state index in [0.717, 1.165) is 28.1 Å². The summed E-state index contributed by atoms with van der Waals surface area (Å²) in [6.07, 6.45) is 5.26. The molecule has 0 fully saturated rings. The largest absolute Gasteiger partial charge is 0.497 e. The van der Waals surface area contributed by atoms with Gasteiger partial charge < -0.3 is 9.30 Å². The Morgan fingerprint density at radius 2 is 1.65 bits per heavy atom. The summed E-state index contributed by atoms with van der Waals surface area (Å²) < 4.78 is 36.0. The van der Waals surface area contributed by atoms with Crippen LogP contribution in [0.4, 0.5) is 5.69 Å². The van der Waals surface area contributed by atoms with E-state index in [2.05, 4.69) is 14.7 Å². The van der Waals surface area contributed by atoms with Crippen molar-refractivity contribution < 1.29 is 13.2 Å². The lowest BCUT2D eigenvalue weighted by Crippen LogP contribution is -2.13. The van der Waals surface area contributed by atoms with Gasteiger partial charge in [0.15, 0.2) is 0 Å². The van der Waals surface area contributed by atoms with Gasteiger partial charge in [-0.15, -0.1) is 0 Å². The fourth-order valence-electron chi connectivity index (χ4n) is 3.82. The van der Waals surface area contributed by atoms with Gasteiger partial charge in [0.2, 0.25) is 0 Å². The molecule has 0 aliphatic heterocycles. The molecule has 0 bridgehead atoms. The maximum atomic E-state index is 13.1. The Bertz CT molecular complexity index is 1540. The summed E-state index contributed by atoms with van der Waals surface area (Å²) in [5.41, 5.74) is 2.90. The Labute approximate surface area is 197 Å². The Balaban J connectivity index is 1.37. The first-order valence-electron chi connectivity index (χ1n) is 10.6. The highest BCUT2D eigenvalue weighted by atomic mass is 32.2. The van der Waals surface area contributed by atoms with E-state index < -0.39 is 10.0 Å². The molecule has 0 aliphatic rings. The number of nitrogens with one attached hydrogen (secondary N) is 1. The summed E-state index contributed by atoms with van der Waals surface area (Å²) in [5, 5.41) is 0.768. The van der Waals surface area contributed by atoms with Gasteiger partial charge in [-0.1, -0.05) is 30.3 Å². The molecule has 0 unspecified atom stereocenters. The van der Waals surface area contributed by atoms with Crippen LogP contribution in [-0.4, -0.2) is 30.1 Å². The van der Waals surface area contributed by atoms with Gasteiger partial charge in [-0.25, -0.2) is 13.4 Å². The maximum Gasteiger partial charge on any atom is 0.264 e. The van der Waals surface area contributed by atoms with Crippen LogP contribution in [-0.2, 0) is 16.6 Å². The van der Waals surface area contributed by atoms with Gasteiger partial charge in [0.25, 0.3) is 10.0 Å². The smallest absolute Gasteiger partial charge is 0.264 e. The SMILES string of the molecule is COc1ccc(Cn2ccnc2-c2ccc(NS(=O)(=O)c3cccc4cccnc34)cc2)cc1. The van der Waals surface area contributed by atoms with Gasteiger partial charge in [-0.2, -0.15) is 0 Å². The number of sulfonamides is 1. The standard InChI is InChI=1S/C26H22N4O3S/c1-33-23-13-7-19(8-14-23)18-30-17-16-28-26(30)21-9-11-22(12-10-21)29-34(31,32)24-6-2-4-20-5-3-15-27-25(20)24/h2-17,29H,18H2,1H3. The van der Waals surface area contributed by atoms with Crippen LogP contribution in [0.5, 0.6) is 5.75 Å². The third kappa shape index (κ3) is 4.35.